The van der Waals surface area contributed by atoms with Crippen LogP contribution in [0.15, 0.2) is 48.5 Å². The zero-order chi connectivity index (χ0) is 23.4. The summed E-state index contributed by atoms with van der Waals surface area (Å²) in [6, 6.07) is 15.0. The minimum Gasteiger partial charge on any atom is -0.495 e. The van der Waals surface area contributed by atoms with Crippen LogP contribution in [0.2, 0.25) is 5.02 Å². The van der Waals surface area contributed by atoms with Crippen molar-refractivity contribution >= 4 is 45.4 Å². The summed E-state index contributed by atoms with van der Waals surface area (Å²) >= 11 is 7.59. The molecule has 1 atom stereocenters. The van der Waals surface area contributed by atoms with Gasteiger partial charge in [0.2, 0.25) is 5.91 Å². The van der Waals surface area contributed by atoms with Crippen LogP contribution in [0.1, 0.15) is 45.7 Å². The first-order chi connectivity index (χ1) is 16.0. The molecule has 0 saturated heterocycles. The molecule has 1 aliphatic rings. The highest BCUT2D eigenvalue weighted by Gasteiger charge is 2.28. The molecule has 1 heterocycles. The third-order valence-electron chi connectivity index (χ3n) is 5.68. The molecule has 1 aromatic heterocycles. The van der Waals surface area contributed by atoms with Gasteiger partial charge in [-0.15, -0.1) is 11.3 Å². The summed E-state index contributed by atoms with van der Waals surface area (Å²) in [6.45, 7) is 2.15. The number of methoxy groups -OCH3 is 1. The van der Waals surface area contributed by atoms with Crippen molar-refractivity contribution in [3.05, 3.63) is 75.1 Å². The normalized spacial score (nSPS) is 13.3. The number of carbonyl (C=O) groups excluding carboxylic acids is 2. The predicted molar refractivity (Wildman–Crippen MR) is 134 cm³/mol. The van der Waals surface area contributed by atoms with Crippen LogP contribution >= 0.6 is 22.9 Å². The minimum atomic E-state index is -0.282. The van der Waals surface area contributed by atoms with E-state index >= 15 is 0 Å². The minimum absolute atomic E-state index is 0.0309. The average Bonchev–Trinajstić information content (AvgIpc) is 3.39. The highest BCUT2D eigenvalue weighted by atomic mass is 35.5. The number of thiophene rings is 1. The second-order valence-electron chi connectivity index (χ2n) is 7.92. The first-order valence-corrected chi connectivity index (χ1v) is 12.0. The molecule has 1 unspecified atom stereocenters. The van der Waals surface area contributed by atoms with Crippen molar-refractivity contribution in [3.63, 3.8) is 0 Å². The Balaban J connectivity index is 1.49. The Kier molecular flexibility index (Phi) is 7.33. The summed E-state index contributed by atoms with van der Waals surface area (Å²) in [4.78, 5) is 27.2. The van der Waals surface area contributed by atoms with E-state index in [4.69, 9.17) is 16.3 Å². The second kappa shape index (κ2) is 10.4. The second-order valence-corrected chi connectivity index (χ2v) is 9.46. The number of aryl methyl sites for hydroxylation is 1. The smallest absolute Gasteiger partial charge is 0.259 e. The molecule has 0 bridgehead atoms. The van der Waals surface area contributed by atoms with E-state index in [0.29, 0.717) is 27.0 Å². The molecule has 6 nitrogen and oxygen atoms in total. The molecule has 8 heteroatoms. The Morgan fingerprint density at radius 3 is 2.67 bits per heavy atom. The fourth-order valence-electron chi connectivity index (χ4n) is 3.97. The summed E-state index contributed by atoms with van der Waals surface area (Å²) in [5.41, 5.74) is 3.14. The Morgan fingerprint density at radius 1 is 1.12 bits per heavy atom. The number of fused-ring (bicyclic) bond motifs is 1. The molecule has 0 spiro atoms. The van der Waals surface area contributed by atoms with Crippen LogP contribution in [-0.4, -0.2) is 25.5 Å². The number of benzene rings is 2. The lowest BCUT2D eigenvalue weighted by molar-refractivity contribution is -0.115. The average molecular weight is 484 g/mol. The molecule has 0 aliphatic heterocycles. The number of nitrogens with one attached hydrogen (secondary N) is 3. The monoisotopic (exact) mass is 483 g/mol. The first kappa shape index (κ1) is 23.3. The zero-order valence-corrected chi connectivity index (χ0v) is 20.1. The molecular formula is C25H26ClN3O3S. The predicted octanol–water partition coefficient (Wildman–Crippen LogP) is 5.44. The van der Waals surface area contributed by atoms with Gasteiger partial charge in [-0.3, -0.25) is 9.59 Å². The number of hydrogen-bond acceptors (Lipinski definition) is 5. The number of ether oxygens (including phenoxy) is 1. The largest absolute Gasteiger partial charge is 0.495 e. The van der Waals surface area contributed by atoms with Crippen LogP contribution in [0.25, 0.3) is 0 Å². The molecule has 3 N–H and O–H groups in total. The van der Waals surface area contributed by atoms with Gasteiger partial charge in [0.1, 0.15) is 10.8 Å². The van der Waals surface area contributed by atoms with Crippen LogP contribution in [0.5, 0.6) is 5.75 Å². The van der Waals surface area contributed by atoms with E-state index in [1.54, 1.807) is 18.2 Å². The molecule has 1 aliphatic carbocycles. The molecule has 0 radical (unpaired) electrons. The lowest BCUT2D eigenvalue weighted by Crippen LogP contribution is -2.30. The summed E-state index contributed by atoms with van der Waals surface area (Å²) in [7, 11) is 1.54. The van der Waals surface area contributed by atoms with Gasteiger partial charge in [-0.25, -0.2) is 0 Å². The van der Waals surface area contributed by atoms with E-state index in [-0.39, 0.29) is 24.4 Å². The summed E-state index contributed by atoms with van der Waals surface area (Å²) < 4.78 is 5.35. The van der Waals surface area contributed by atoms with E-state index in [9.17, 15) is 9.59 Å². The fraction of sp³-hybridized carbons (Fsp3) is 0.280. The molecule has 2 amide bonds. The van der Waals surface area contributed by atoms with Gasteiger partial charge < -0.3 is 20.7 Å². The summed E-state index contributed by atoms with van der Waals surface area (Å²) in [6.07, 6.45) is 2.74. The van der Waals surface area contributed by atoms with E-state index in [1.807, 2.05) is 37.3 Å². The van der Waals surface area contributed by atoms with E-state index in [2.05, 4.69) is 16.0 Å². The number of halogens is 1. The molecule has 3 aromatic rings. The van der Waals surface area contributed by atoms with Gasteiger partial charge in [-0.2, -0.15) is 0 Å². The molecule has 2 aromatic carbocycles. The third kappa shape index (κ3) is 5.38. The maximum absolute atomic E-state index is 13.3. The molecular weight excluding hydrogens is 458 g/mol. The van der Waals surface area contributed by atoms with Crippen molar-refractivity contribution in [2.75, 3.05) is 24.3 Å². The van der Waals surface area contributed by atoms with Crippen molar-refractivity contribution < 1.29 is 14.3 Å². The Hall–Kier alpha value is -2.87. The third-order valence-corrected chi connectivity index (χ3v) is 7.12. The van der Waals surface area contributed by atoms with Gasteiger partial charge in [0.15, 0.2) is 0 Å². The topological polar surface area (TPSA) is 79.5 Å². The fourth-order valence-corrected chi connectivity index (χ4v) is 5.45. The van der Waals surface area contributed by atoms with Gasteiger partial charge >= 0.3 is 0 Å². The first-order valence-electron chi connectivity index (χ1n) is 10.8. The van der Waals surface area contributed by atoms with Crippen LogP contribution < -0.4 is 20.7 Å². The highest BCUT2D eigenvalue weighted by Crippen LogP contribution is 2.40. The Bertz CT molecular complexity index is 1160. The SMILES string of the molecule is COc1ccc(Cl)cc1NC(=O)c1c(NC(=O)CNC(C)c2ccccc2)sc2c1CCC2. The standard InChI is InChI=1S/C25H26ClN3O3S/c1-15(16-7-4-3-5-8-16)27-14-22(30)29-25-23(18-9-6-10-21(18)33-25)24(31)28-19-13-17(26)11-12-20(19)32-2/h3-5,7-8,11-13,15,27H,6,9-10,14H2,1-2H3,(H,28,31)(H,29,30). The number of hydrogen-bond donors (Lipinski definition) is 3. The molecule has 4 rings (SSSR count). The van der Waals surface area contributed by atoms with Crippen LogP contribution in [-0.2, 0) is 17.6 Å². The van der Waals surface area contributed by atoms with E-state index in [1.165, 1.54) is 18.4 Å². The quantitative estimate of drug-likeness (QED) is 0.398. The van der Waals surface area contributed by atoms with Crippen molar-refractivity contribution in [2.24, 2.45) is 0 Å². The van der Waals surface area contributed by atoms with E-state index < -0.39 is 0 Å². The van der Waals surface area contributed by atoms with Crippen molar-refractivity contribution in [2.45, 2.75) is 32.2 Å². The van der Waals surface area contributed by atoms with Gasteiger partial charge in [-0.1, -0.05) is 41.9 Å². The van der Waals surface area contributed by atoms with Gasteiger partial charge in [0.25, 0.3) is 5.91 Å². The summed E-state index contributed by atoms with van der Waals surface area (Å²) in [5.74, 6) is 0.0484. The molecule has 33 heavy (non-hydrogen) atoms. The number of amides is 2. The molecule has 0 saturated carbocycles. The van der Waals surface area contributed by atoms with E-state index in [0.717, 1.165) is 35.3 Å². The highest BCUT2D eigenvalue weighted by molar-refractivity contribution is 7.17. The molecule has 172 valence electrons. The zero-order valence-electron chi connectivity index (χ0n) is 18.5. The lowest BCUT2D eigenvalue weighted by Gasteiger charge is -2.15. The number of rotatable bonds is 8. The van der Waals surface area contributed by atoms with Crippen LogP contribution in [0, 0.1) is 0 Å². The van der Waals surface area contributed by atoms with Crippen molar-refractivity contribution in [3.8, 4) is 5.75 Å². The maximum atomic E-state index is 13.3. The molecule has 0 fully saturated rings. The van der Waals surface area contributed by atoms with Crippen LogP contribution in [0.3, 0.4) is 0 Å². The summed E-state index contributed by atoms with van der Waals surface area (Å²) in [5, 5.41) is 10.2. The van der Waals surface area contributed by atoms with Crippen LogP contribution in [0.4, 0.5) is 10.7 Å². The van der Waals surface area contributed by atoms with Crippen molar-refractivity contribution in [1.82, 2.24) is 5.32 Å². The van der Waals surface area contributed by atoms with Crippen molar-refractivity contribution in [1.29, 1.82) is 0 Å². The number of carbonyl (C=O) groups is 2. The Labute approximate surface area is 202 Å². The lowest BCUT2D eigenvalue weighted by atomic mass is 10.1. The van der Waals surface area contributed by atoms with Gasteiger partial charge in [0, 0.05) is 15.9 Å². The van der Waals surface area contributed by atoms with Gasteiger partial charge in [-0.05, 0) is 55.5 Å². The Morgan fingerprint density at radius 2 is 1.91 bits per heavy atom. The van der Waals surface area contributed by atoms with Gasteiger partial charge in [0.05, 0.1) is 24.9 Å². The number of anilines is 2. The maximum Gasteiger partial charge on any atom is 0.259 e.